The van der Waals surface area contributed by atoms with Gasteiger partial charge in [-0.3, -0.25) is 0 Å². The smallest absolute Gasteiger partial charge is 0.127 e. The van der Waals surface area contributed by atoms with Gasteiger partial charge in [-0.05, 0) is 53.0 Å². The number of imidazole rings is 1. The number of hydrogen-bond acceptors (Lipinski definition) is 2. The first-order valence-corrected chi connectivity index (χ1v) is 13.0. The van der Waals surface area contributed by atoms with Crippen molar-refractivity contribution in [3.63, 3.8) is 0 Å². The van der Waals surface area contributed by atoms with Gasteiger partial charge in [0.15, 0.2) is 0 Å². The Hall–Kier alpha value is -4.24. The van der Waals surface area contributed by atoms with Crippen LogP contribution in [0.4, 0.5) is 0 Å². The molecule has 1 aliphatic rings. The van der Waals surface area contributed by atoms with Crippen molar-refractivity contribution in [3.05, 3.63) is 161 Å². The van der Waals surface area contributed by atoms with E-state index in [2.05, 4.69) is 120 Å². The predicted octanol–water partition coefficient (Wildman–Crippen LogP) is 6.81. The molecule has 5 aromatic rings. The zero-order valence-electron chi connectivity index (χ0n) is 20.8. The van der Waals surface area contributed by atoms with Gasteiger partial charge in [0.05, 0.1) is 12.0 Å². The second kappa shape index (κ2) is 10.0. The van der Waals surface area contributed by atoms with Gasteiger partial charge in [-0.1, -0.05) is 115 Å². The van der Waals surface area contributed by atoms with Crippen molar-refractivity contribution in [2.24, 2.45) is 5.92 Å². The van der Waals surface area contributed by atoms with Crippen LogP contribution in [0.3, 0.4) is 0 Å². The fraction of sp³-hybridized carbons (Fsp3) is 0.176. The van der Waals surface area contributed by atoms with Crippen molar-refractivity contribution in [1.29, 1.82) is 0 Å². The predicted molar refractivity (Wildman–Crippen MR) is 148 cm³/mol. The molecule has 37 heavy (non-hydrogen) atoms. The molecule has 6 rings (SSSR count). The van der Waals surface area contributed by atoms with E-state index in [-0.39, 0.29) is 11.8 Å². The van der Waals surface area contributed by atoms with Gasteiger partial charge in [0.25, 0.3) is 0 Å². The number of aromatic nitrogens is 2. The standard InChI is InChI=1S/C34H30N2O/c37-24-33-27(21-20-26-12-10-11-19-32(26)33)22-31-23-36(25-35-31)34(28-13-4-1-5-14-28,29-15-6-2-7-16-29)30-17-8-3-9-18-30/h1-19,23-25,27,33H,20-22H2. The first kappa shape index (κ1) is 23.2. The van der Waals surface area contributed by atoms with Gasteiger partial charge in [0, 0.05) is 12.1 Å². The molecule has 1 aromatic heterocycles. The van der Waals surface area contributed by atoms with Crippen LogP contribution in [0.2, 0.25) is 0 Å². The zero-order valence-corrected chi connectivity index (χ0v) is 20.8. The van der Waals surface area contributed by atoms with Gasteiger partial charge in [-0.25, -0.2) is 4.98 Å². The molecule has 182 valence electrons. The minimum absolute atomic E-state index is 0.0859. The number of nitrogens with zero attached hydrogens (tertiary/aromatic N) is 2. The fourth-order valence-corrected chi connectivity index (χ4v) is 6.18. The molecule has 0 bridgehead atoms. The SMILES string of the molecule is O=CC1c2ccccc2CCC1Cc1cn(C(c2ccccc2)(c2ccccc2)c2ccccc2)cn1. The van der Waals surface area contributed by atoms with Gasteiger partial charge in [-0.2, -0.15) is 0 Å². The minimum Gasteiger partial charge on any atom is -0.319 e. The van der Waals surface area contributed by atoms with E-state index in [1.54, 1.807) is 0 Å². The van der Waals surface area contributed by atoms with Crippen molar-refractivity contribution in [1.82, 2.24) is 9.55 Å². The van der Waals surface area contributed by atoms with Crippen LogP contribution in [0.1, 0.15) is 45.8 Å². The summed E-state index contributed by atoms with van der Waals surface area (Å²) in [6, 6.07) is 40.3. The molecule has 1 aliphatic carbocycles. The van der Waals surface area contributed by atoms with Gasteiger partial charge in [0.1, 0.15) is 11.8 Å². The molecule has 0 saturated carbocycles. The number of rotatable bonds is 7. The molecule has 2 atom stereocenters. The Morgan fingerprint density at radius 1 is 0.757 bits per heavy atom. The van der Waals surface area contributed by atoms with Crippen molar-refractivity contribution < 1.29 is 4.79 Å². The maximum Gasteiger partial charge on any atom is 0.127 e. The number of carbonyl (C=O) groups excluding carboxylic acids is 1. The Balaban J connectivity index is 1.45. The van der Waals surface area contributed by atoms with Crippen molar-refractivity contribution >= 4 is 6.29 Å². The molecule has 4 aromatic carbocycles. The Morgan fingerprint density at radius 3 is 1.86 bits per heavy atom. The first-order valence-electron chi connectivity index (χ1n) is 13.0. The van der Waals surface area contributed by atoms with E-state index < -0.39 is 5.54 Å². The number of benzene rings is 4. The summed E-state index contributed by atoms with van der Waals surface area (Å²) in [6.45, 7) is 0. The van der Waals surface area contributed by atoms with Crippen LogP contribution < -0.4 is 0 Å². The second-order valence-corrected chi connectivity index (χ2v) is 9.94. The van der Waals surface area contributed by atoms with Crippen LogP contribution in [-0.2, 0) is 23.2 Å². The third-order valence-electron chi connectivity index (χ3n) is 7.92. The minimum atomic E-state index is -0.571. The third kappa shape index (κ3) is 4.11. The maximum absolute atomic E-state index is 12.2. The van der Waals surface area contributed by atoms with Crippen LogP contribution in [-0.4, -0.2) is 15.8 Å². The summed E-state index contributed by atoms with van der Waals surface area (Å²) in [5, 5.41) is 0. The van der Waals surface area contributed by atoms with Crippen LogP contribution in [0.5, 0.6) is 0 Å². The summed E-state index contributed by atoms with van der Waals surface area (Å²) in [7, 11) is 0. The highest BCUT2D eigenvalue weighted by atomic mass is 16.1. The summed E-state index contributed by atoms with van der Waals surface area (Å²) in [5.41, 5.74) is 6.45. The number of fused-ring (bicyclic) bond motifs is 1. The lowest BCUT2D eigenvalue weighted by Gasteiger charge is -2.37. The quantitative estimate of drug-likeness (QED) is 0.189. The summed E-state index contributed by atoms with van der Waals surface area (Å²) >= 11 is 0. The van der Waals surface area contributed by atoms with E-state index in [4.69, 9.17) is 4.98 Å². The van der Waals surface area contributed by atoms with E-state index in [1.165, 1.54) is 27.8 Å². The number of aryl methyl sites for hydroxylation is 1. The van der Waals surface area contributed by atoms with E-state index in [9.17, 15) is 4.79 Å². The summed E-state index contributed by atoms with van der Waals surface area (Å²) < 4.78 is 2.26. The molecule has 0 aliphatic heterocycles. The van der Waals surface area contributed by atoms with Crippen LogP contribution >= 0.6 is 0 Å². The van der Waals surface area contributed by atoms with Gasteiger partial charge >= 0.3 is 0 Å². The average molecular weight is 483 g/mol. The Bertz CT molecular complexity index is 1380. The highest BCUT2D eigenvalue weighted by Crippen LogP contribution is 2.41. The molecule has 2 unspecified atom stereocenters. The molecular formula is C34H30N2O. The van der Waals surface area contributed by atoms with E-state index in [0.29, 0.717) is 0 Å². The molecular weight excluding hydrogens is 452 g/mol. The van der Waals surface area contributed by atoms with Crippen molar-refractivity contribution in [3.8, 4) is 0 Å². The van der Waals surface area contributed by atoms with Crippen molar-refractivity contribution in [2.75, 3.05) is 0 Å². The van der Waals surface area contributed by atoms with Crippen LogP contribution in [0.15, 0.2) is 128 Å². The molecule has 0 N–H and O–H groups in total. The zero-order chi connectivity index (χ0) is 25.1. The lowest BCUT2D eigenvalue weighted by atomic mass is 9.74. The Labute approximate surface area is 218 Å². The maximum atomic E-state index is 12.2. The van der Waals surface area contributed by atoms with Crippen LogP contribution in [0, 0.1) is 5.92 Å². The van der Waals surface area contributed by atoms with Gasteiger partial charge in [-0.15, -0.1) is 0 Å². The normalized spacial score (nSPS) is 17.2. The largest absolute Gasteiger partial charge is 0.319 e. The van der Waals surface area contributed by atoms with Gasteiger partial charge in [0.2, 0.25) is 0 Å². The van der Waals surface area contributed by atoms with E-state index >= 15 is 0 Å². The molecule has 1 heterocycles. The summed E-state index contributed by atoms with van der Waals surface area (Å²) in [4.78, 5) is 17.1. The molecule has 0 radical (unpaired) electrons. The topological polar surface area (TPSA) is 34.9 Å². The van der Waals surface area contributed by atoms with E-state index in [1.807, 2.05) is 12.4 Å². The fourth-order valence-electron chi connectivity index (χ4n) is 6.18. The molecule has 0 spiro atoms. The molecule has 0 saturated heterocycles. The molecule has 3 nitrogen and oxygen atoms in total. The third-order valence-corrected chi connectivity index (χ3v) is 7.92. The lowest BCUT2D eigenvalue weighted by molar-refractivity contribution is -0.110. The Kier molecular flexibility index (Phi) is 6.28. The summed E-state index contributed by atoms with van der Waals surface area (Å²) in [5.74, 6) is 0.160. The van der Waals surface area contributed by atoms with E-state index in [0.717, 1.165) is 31.2 Å². The first-order chi connectivity index (χ1) is 18.3. The van der Waals surface area contributed by atoms with Gasteiger partial charge < -0.3 is 9.36 Å². The highest BCUT2D eigenvalue weighted by molar-refractivity contribution is 5.65. The molecule has 0 fully saturated rings. The number of aldehydes is 1. The molecule has 3 heteroatoms. The highest BCUT2D eigenvalue weighted by Gasteiger charge is 2.38. The molecule has 0 amide bonds. The Morgan fingerprint density at radius 2 is 1.30 bits per heavy atom. The number of carbonyl (C=O) groups is 1. The average Bonchev–Trinajstić information content (AvgIpc) is 3.44. The monoisotopic (exact) mass is 482 g/mol. The second-order valence-electron chi connectivity index (χ2n) is 9.94. The lowest BCUT2D eigenvalue weighted by Crippen LogP contribution is -2.37. The number of hydrogen-bond donors (Lipinski definition) is 0. The van der Waals surface area contributed by atoms with Crippen LogP contribution in [0.25, 0.3) is 0 Å². The van der Waals surface area contributed by atoms with Crippen molar-refractivity contribution in [2.45, 2.75) is 30.7 Å². The summed E-state index contributed by atoms with van der Waals surface area (Å²) in [6.07, 6.45) is 8.08.